The van der Waals surface area contributed by atoms with E-state index in [1.807, 2.05) is 13.0 Å². The van der Waals surface area contributed by atoms with Crippen molar-refractivity contribution < 1.29 is 32.6 Å². The molecule has 1 aromatic carbocycles. The van der Waals surface area contributed by atoms with Crippen molar-refractivity contribution in [3.63, 3.8) is 0 Å². The number of halogens is 3. The van der Waals surface area contributed by atoms with Crippen molar-refractivity contribution in [2.45, 2.75) is 64.5 Å². The summed E-state index contributed by atoms with van der Waals surface area (Å²) in [7, 11) is -4.78. The van der Waals surface area contributed by atoms with E-state index in [0.29, 0.717) is 57.7 Å². The maximum atomic E-state index is 13.0. The molecular formula is C32H41F3N8O2S3. The van der Waals surface area contributed by atoms with E-state index in [1.165, 1.54) is 23.9 Å². The van der Waals surface area contributed by atoms with Gasteiger partial charge < -0.3 is 9.88 Å². The molecule has 0 bridgehead atoms. The van der Waals surface area contributed by atoms with Crippen LogP contribution in [0.2, 0.25) is 0 Å². The number of aryl methyl sites for hydroxylation is 1. The van der Waals surface area contributed by atoms with Crippen molar-refractivity contribution >= 4 is 61.8 Å². The number of aromatic nitrogens is 3. The molecular weight excluding hydrogens is 682 g/mol. The number of sulfonamides is 1. The second kappa shape index (κ2) is 14.5. The van der Waals surface area contributed by atoms with Crippen LogP contribution in [0.25, 0.3) is 21.1 Å². The van der Waals surface area contributed by atoms with E-state index in [1.54, 1.807) is 12.1 Å². The second-order valence-electron chi connectivity index (χ2n) is 11.9. The highest BCUT2D eigenvalue weighted by molar-refractivity contribution is 7.88. The number of nitriles is 1. The minimum Gasteiger partial charge on any atom is -0.367 e. The number of rotatable bonds is 9. The van der Waals surface area contributed by atoms with E-state index in [9.17, 15) is 26.9 Å². The van der Waals surface area contributed by atoms with Gasteiger partial charge in [0.05, 0.1) is 18.1 Å². The minimum absolute atomic E-state index is 0. The number of thiophene rings is 1. The third-order valence-electron chi connectivity index (χ3n) is 8.42. The van der Waals surface area contributed by atoms with E-state index >= 15 is 0 Å². The summed E-state index contributed by atoms with van der Waals surface area (Å²) >= 11 is 0.999. The zero-order chi connectivity index (χ0) is 40.7. The van der Waals surface area contributed by atoms with Gasteiger partial charge in [-0.1, -0.05) is 6.07 Å². The molecule has 48 heavy (non-hydrogen) atoms. The van der Waals surface area contributed by atoms with Crippen LogP contribution >= 0.6 is 24.8 Å². The Morgan fingerprint density at radius 2 is 1.85 bits per heavy atom. The van der Waals surface area contributed by atoms with Crippen LogP contribution in [-0.2, 0) is 29.5 Å². The second-order valence-corrected chi connectivity index (χ2v) is 14.8. The van der Waals surface area contributed by atoms with Gasteiger partial charge in [-0.25, -0.2) is 18.4 Å². The summed E-state index contributed by atoms with van der Waals surface area (Å²) in [5, 5.41) is 14.8. The zero-order valence-electron chi connectivity index (χ0n) is 34.4. The summed E-state index contributed by atoms with van der Waals surface area (Å²) in [6.07, 6.45) is -2.03. The molecule has 2 fully saturated rings. The Morgan fingerprint density at radius 3 is 2.50 bits per heavy atom. The molecule has 16 heteroatoms. The Bertz CT molecular complexity index is 2250. The SMILES string of the molecule is S.[2H]C1([2H])N([C@@H](C)Cn2c(C#N)cc3c(C)c(CN4CCC(Nc5ncnc6sc(CC(F)(F)F)cc56)CC4)ccc32)C([2H])([2H])C([2H])([2H])N(S(C)(=O)=O)C1([2H])[2H]. The number of hydrogen-bond acceptors (Lipinski definition) is 9. The molecule has 2 aliphatic heterocycles. The van der Waals surface area contributed by atoms with Crippen molar-refractivity contribution in [3.05, 3.63) is 52.3 Å². The predicted molar refractivity (Wildman–Crippen MR) is 188 cm³/mol. The lowest BCUT2D eigenvalue weighted by atomic mass is 10.0. The van der Waals surface area contributed by atoms with E-state index in [0.717, 1.165) is 35.3 Å². The molecule has 0 unspecified atom stereocenters. The molecule has 0 amide bonds. The highest BCUT2D eigenvalue weighted by Gasteiger charge is 2.30. The van der Waals surface area contributed by atoms with Gasteiger partial charge in [0.2, 0.25) is 10.0 Å². The predicted octanol–water partition coefficient (Wildman–Crippen LogP) is 5.09. The number of anilines is 1. The Kier molecular flexibility index (Phi) is 8.12. The number of piperazine rings is 1. The first-order chi connectivity index (χ1) is 25.3. The van der Waals surface area contributed by atoms with Crippen LogP contribution in [0.4, 0.5) is 19.0 Å². The van der Waals surface area contributed by atoms with Gasteiger partial charge in [0.25, 0.3) is 0 Å². The van der Waals surface area contributed by atoms with E-state index in [2.05, 4.69) is 26.3 Å². The summed E-state index contributed by atoms with van der Waals surface area (Å²) < 4.78 is 133. The van der Waals surface area contributed by atoms with Crippen LogP contribution < -0.4 is 5.32 Å². The van der Waals surface area contributed by atoms with E-state index < -0.39 is 54.6 Å². The topological polar surface area (TPSA) is 110 Å². The van der Waals surface area contributed by atoms with E-state index in [4.69, 9.17) is 11.0 Å². The van der Waals surface area contributed by atoms with Gasteiger partial charge in [-0.2, -0.15) is 36.2 Å². The summed E-state index contributed by atoms with van der Waals surface area (Å²) in [4.78, 5) is 11.8. The Hall–Kier alpha value is -2.94. The molecule has 6 rings (SSSR count). The molecule has 2 aliphatic rings. The van der Waals surface area contributed by atoms with Crippen LogP contribution in [0.15, 0.2) is 30.6 Å². The molecule has 0 saturated carbocycles. The lowest BCUT2D eigenvalue weighted by molar-refractivity contribution is -0.126. The number of fused-ring (bicyclic) bond motifs is 2. The number of hydrogen-bond donors (Lipinski definition) is 1. The van der Waals surface area contributed by atoms with Crippen molar-refractivity contribution in [3.8, 4) is 6.07 Å². The van der Waals surface area contributed by atoms with Crippen molar-refractivity contribution in [1.82, 2.24) is 28.6 Å². The highest BCUT2D eigenvalue weighted by Crippen LogP contribution is 2.33. The van der Waals surface area contributed by atoms with Gasteiger partial charge >= 0.3 is 6.18 Å². The Balaban J connectivity index is 0.00000600. The van der Waals surface area contributed by atoms with Gasteiger partial charge in [-0.05, 0) is 56.0 Å². The van der Waals surface area contributed by atoms with Gasteiger partial charge in [-0.15, -0.1) is 11.3 Å². The van der Waals surface area contributed by atoms with Crippen molar-refractivity contribution in [1.29, 1.82) is 5.26 Å². The minimum atomic E-state index is -4.78. The highest BCUT2D eigenvalue weighted by atomic mass is 32.2. The number of nitrogens with zero attached hydrogens (tertiary/aromatic N) is 7. The van der Waals surface area contributed by atoms with Crippen LogP contribution in [0.3, 0.4) is 0 Å². The summed E-state index contributed by atoms with van der Waals surface area (Å²) in [5.74, 6) is 0.502. The average molecular weight is 731 g/mol. The van der Waals surface area contributed by atoms with Gasteiger partial charge in [0, 0.05) is 91.0 Å². The van der Waals surface area contributed by atoms with Crippen molar-refractivity contribution in [2.24, 2.45) is 0 Å². The zero-order valence-corrected chi connectivity index (χ0v) is 29.0. The maximum absolute atomic E-state index is 13.0. The van der Waals surface area contributed by atoms with E-state index in [-0.39, 0.29) is 41.0 Å². The van der Waals surface area contributed by atoms with Crippen LogP contribution in [-0.4, -0.2) is 101 Å². The van der Waals surface area contributed by atoms with Gasteiger partial charge in [-0.3, -0.25) is 9.80 Å². The van der Waals surface area contributed by atoms with Gasteiger partial charge in [0.1, 0.15) is 28.7 Å². The number of piperidine rings is 1. The molecule has 10 nitrogen and oxygen atoms in total. The number of likely N-dealkylation sites (tertiary alicyclic amines) is 1. The molecule has 0 radical (unpaired) electrons. The third kappa shape index (κ3) is 8.09. The first-order valence-corrected chi connectivity index (χ1v) is 17.6. The fourth-order valence-electron chi connectivity index (χ4n) is 5.94. The molecule has 2 saturated heterocycles. The summed E-state index contributed by atoms with van der Waals surface area (Å²) in [5.41, 5.74) is 2.58. The lowest BCUT2D eigenvalue weighted by Gasteiger charge is -2.37. The molecule has 1 N–H and O–H groups in total. The molecule has 4 aromatic rings. The molecule has 0 aliphatic carbocycles. The summed E-state index contributed by atoms with van der Waals surface area (Å²) in [6, 6.07) is 7.71. The molecule has 3 aromatic heterocycles. The average Bonchev–Trinajstić information content (AvgIpc) is 3.61. The first kappa shape index (κ1) is 26.9. The first-order valence-electron chi connectivity index (χ1n) is 18.9. The fraction of sp³-hybridized carbons (Fsp3) is 0.531. The fourth-order valence-corrected chi connectivity index (χ4v) is 7.38. The van der Waals surface area contributed by atoms with Crippen molar-refractivity contribution in [2.75, 3.05) is 50.6 Å². The largest absolute Gasteiger partial charge is 0.393 e. The molecule has 0 spiro atoms. The Morgan fingerprint density at radius 1 is 1.15 bits per heavy atom. The van der Waals surface area contributed by atoms with Crippen LogP contribution in [0.5, 0.6) is 0 Å². The smallest absolute Gasteiger partial charge is 0.367 e. The quantitative estimate of drug-likeness (QED) is 0.254. The number of benzene rings is 1. The third-order valence-corrected chi connectivity index (χ3v) is 10.3. The molecule has 1 atom stereocenters. The normalized spacial score (nSPS) is 24.9. The van der Waals surface area contributed by atoms with Crippen LogP contribution in [0, 0.1) is 18.3 Å². The standard InChI is InChI=1S/C32H39F3N8O2S2.H2S/c1-21(41-10-12-42(13-11-41)47(3,44)45)18-43-25(17-36)14-27-22(2)23(4-5-29(27)43)19-40-8-6-24(7-9-40)39-30-28-15-26(16-32(33,34)35)46-31(28)38-20-37-30;/h4-5,14-15,20-21,24H,6-13,16,18-19H2,1-3H3,(H,37,38,39);1H2/t21-;/m0./s1/i10D2,11D2,12D2,13D2;. The number of nitrogens with one attached hydrogen (secondary N) is 1. The lowest BCUT2D eigenvalue weighted by Crippen LogP contribution is -2.51. The van der Waals surface area contributed by atoms with Gasteiger partial charge in [0.15, 0.2) is 0 Å². The maximum Gasteiger partial charge on any atom is 0.393 e. The monoisotopic (exact) mass is 730 g/mol. The summed E-state index contributed by atoms with van der Waals surface area (Å²) in [6.45, 7) is -8.73. The molecule has 5 heterocycles. The Labute approximate surface area is 301 Å². The number of alkyl halides is 3. The molecule has 260 valence electrons. The van der Waals surface area contributed by atoms with Crippen LogP contribution in [0.1, 0.15) is 52.4 Å².